The molecule has 0 saturated heterocycles. The summed E-state index contributed by atoms with van der Waals surface area (Å²) in [6.07, 6.45) is 4.06. The number of hydrogen-bond donors (Lipinski definition) is 1. The van der Waals surface area contributed by atoms with Crippen LogP contribution in [-0.4, -0.2) is 5.78 Å². The van der Waals surface area contributed by atoms with Crippen LogP contribution in [0, 0.1) is 0 Å². The molecule has 0 atom stereocenters. The number of Topliss-reactive ketones (excluding diaryl/α,β-unsaturated/α-hetero) is 1. The van der Waals surface area contributed by atoms with Crippen LogP contribution in [0.3, 0.4) is 0 Å². The van der Waals surface area contributed by atoms with Crippen molar-refractivity contribution in [2.75, 3.05) is 0 Å². The molecule has 0 saturated carbocycles. The zero-order chi connectivity index (χ0) is 18.1. The maximum Gasteiger partial charge on any atom is 0.159 e. The molecule has 2 rings (SSSR count). The molecule has 2 aromatic rings. The summed E-state index contributed by atoms with van der Waals surface area (Å²) in [5.74, 6) is 6.32. The van der Waals surface area contributed by atoms with Gasteiger partial charge in [0.25, 0.3) is 0 Å². The van der Waals surface area contributed by atoms with Crippen LogP contribution in [0.15, 0.2) is 47.4 Å². The van der Waals surface area contributed by atoms with Crippen LogP contribution < -0.4 is 10.6 Å². The molecule has 0 spiro atoms. The van der Waals surface area contributed by atoms with Crippen molar-refractivity contribution in [2.45, 2.75) is 44.4 Å². The first kappa shape index (κ1) is 19.5. The largest absolute Gasteiger partial charge is 0.456 e. The number of hydrogen-bond acceptors (Lipinski definition) is 6. The van der Waals surface area contributed by atoms with Gasteiger partial charge in [-0.15, -0.1) is 9.32 Å². The molecule has 25 heavy (non-hydrogen) atoms. The monoisotopic (exact) mass is 361 g/mol. The Hall–Kier alpha value is -1.86. The second-order valence-electron chi connectivity index (χ2n) is 5.64. The van der Waals surface area contributed by atoms with Gasteiger partial charge in [0.1, 0.15) is 11.5 Å². The lowest BCUT2D eigenvalue weighted by Crippen LogP contribution is -2.01. The zero-order valence-corrected chi connectivity index (χ0v) is 15.3. The van der Waals surface area contributed by atoms with Gasteiger partial charge in [0.05, 0.1) is 16.9 Å². The fraction of sp³-hybridized carbons (Fsp3) is 0.316. The van der Waals surface area contributed by atoms with Crippen LogP contribution in [0.25, 0.3) is 0 Å². The third kappa shape index (κ3) is 5.86. The molecule has 0 unspecified atom stereocenters. The molecule has 0 bridgehead atoms. The molecule has 0 heterocycles. The summed E-state index contributed by atoms with van der Waals surface area (Å²) in [6.45, 7) is 3.69. The summed E-state index contributed by atoms with van der Waals surface area (Å²) in [4.78, 5) is 16.7. The number of para-hydroxylation sites is 1. The number of carbonyl (C=O) groups excluding carboxylic acids is 1. The molecule has 0 amide bonds. The van der Waals surface area contributed by atoms with Gasteiger partial charge in [-0.3, -0.25) is 4.79 Å². The predicted molar refractivity (Wildman–Crippen MR) is 98.4 cm³/mol. The predicted octanol–water partition coefficient (Wildman–Crippen LogP) is 5.24. The van der Waals surface area contributed by atoms with Crippen molar-refractivity contribution in [2.24, 2.45) is 5.90 Å². The van der Waals surface area contributed by atoms with Crippen molar-refractivity contribution < 1.29 is 18.9 Å². The van der Waals surface area contributed by atoms with E-state index in [0.717, 1.165) is 43.3 Å². The molecule has 134 valence electrons. The quantitative estimate of drug-likeness (QED) is 0.205. The number of ketones is 1. The van der Waals surface area contributed by atoms with Crippen molar-refractivity contribution in [1.82, 2.24) is 0 Å². The standard InChI is InChI=1S/C19H23NO4S/c1-3-4-6-9-15-12-16(14(2)21)13-18(25-24-23-20)19(15)22-17-10-7-5-8-11-17/h5,7-8,10-13H,3-4,6,9,20H2,1-2H3. The van der Waals surface area contributed by atoms with Gasteiger partial charge >= 0.3 is 0 Å². The normalized spacial score (nSPS) is 10.7. The molecule has 0 aliphatic rings. The zero-order valence-electron chi connectivity index (χ0n) is 14.5. The molecule has 2 N–H and O–H groups in total. The highest BCUT2D eigenvalue weighted by Crippen LogP contribution is 2.38. The van der Waals surface area contributed by atoms with Gasteiger partial charge in [-0.05, 0) is 49.6 Å². The Labute approximate surface area is 152 Å². The van der Waals surface area contributed by atoms with Crippen LogP contribution >= 0.6 is 12.0 Å². The van der Waals surface area contributed by atoms with Crippen molar-refractivity contribution in [3.8, 4) is 11.5 Å². The van der Waals surface area contributed by atoms with E-state index < -0.39 is 0 Å². The lowest BCUT2D eigenvalue weighted by atomic mass is 10.0. The summed E-state index contributed by atoms with van der Waals surface area (Å²) in [6, 6.07) is 13.1. The van der Waals surface area contributed by atoms with E-state index >= 15 is 0 Å². The second-order valence-corrected chi connectivity index (χ2v) is 6.38. The first-order valence-corrected chi connectivity index (χ1v) is 9.00. The molecule has 5 nitrogen and oxygen atoms in total. The minimum atomic E-state index is -0.0153. The van der Waals surface area contributed by atoms with E-state index in [1.807, 2.05) is 36.4 Å². The SMILES string of the molecule is CCCCCc1cc(C(C)=O)cc(SOON)c1Oc1ccccc1. The van der Waals surface area contributed by atoms with Crippen molar-refractivity contribution in [3.63, 3.8) is 0 Å². The average Bonchev–Trinajstić information content (AvgIpc) is 2.62. The van der Waals surface area contributed by atoms with Gasteiger partial charge in [0, 0.05) is 5.56 Å². The van der Waals surface area contributed by atoms with Crippen LogP contribution in [0.5, 0.6) is 11.5 Å². The third-order valence-electron chi connectivity index (χ3n) is 3.71. The molecule has 0 aromatic heterocycles. The van der Waals surface area contributed by atoms with E-state index in [0.29, 0.717) is 22.0 Å². The number of nitrogens with two attached hydrogens (primary N) is 1. The first-order valence-electron chi connectivity index (χ1n) is 8.26. The summed E-state index contributed by atoms with van der Waals surface area (Å²) < 4.78 is 10.9. The molecular weight excluding hydrogens is 338 g/mol. The molecule has 0 aliphatic heterocycles. The Morgan fingerprint density at radius 1 is 1.16 bits per heavy atom. The van der Waals surface area contributed by atoms with E-state index in [-0.39, 0.29) is 5.78 Å². The summed E-state index contributed by atoms with van der Waals surface area (Å²) in [5.41, 5.74) is 1.57. The Kier molecular flexibility index (Phi) is 7.94. The van der Waals surface area contributed by atoms with Crippen LogP contribution in [0.2, 0.25) is 0 Å². The average molecular weight is 361 g/mol. The number of unbranched alkanes of at least 4 members (excludes halogenated alkanes) is 2. The van der Waals surface area contributed by atoms with E-state index in [9.17, 15) is 4.79 Å². The fourth-order valence-electron chi connectivity index (χ4n) is 2.45. The van der Waals surface area contributed by atoms with Crippen LogP contribution in [0.4, 0.5) is 0 Å². The van der Waals surface area contributed by atoms with Crippen molar-refractivity contribution in [1.29, 1.82) is 0 Å². The summed E-state index contributed by atoms with van der Waals surface area (Å²) in [7, 11) is 0. The van der Waals surface area contributed by atoms with E-state index in [2.05, 4.69) is 11.9 Å². The lowest BCUT2D eigenvalue weighted by molar-refractivity contribution is -0.195. The topological polar surface area (TPSA) is 70.8 Å². The van der Waals surface area contributed by atoms with Gasteiger partial charge in [-0.2, -0.15) is 5.90 Å². The Bertz CT molecular complexity index is 691. The van der Waals surface area contributed by atoms with Crippen LogP contribution in [-0.2, 0) is 15.7 Å². The second kappa shape index (κ2) is 10.2. The first-order chi connectivity index (χ1) is 12.2. The lowest BCUT2D eigenvalue weighted by Gasteiger charge is -2.16. The van der Waals surface area contributed by atoms with Gasteiger partial charge in [0.15, 0.2) is 5.78 Å². The van der Waals surface area contributed by atoms with Crippen molar-refractivity contribution >= 4 is 17.8 Å². The smallest absolute Gasteiger partial charge is 0.159 e. The highest BCUT2D eigenvalue weighted by molar-refractivity contribution is 7.94. The molecule has 0 radical (unpaired) electrons. The van der Waals surface area contributed by atoms with Gasteiger partial charge in [-0.25, -0.2) is 0 Å². The summed E-state index contributed by atoms with van der Waals surface area (Å²) in [5, 5.41) is 0. The van der Waals surface area contributed by atoms with E-state index in [1.54, 1.807) is 6.07 Å². The Morgan fingerprint density at radius 2 is 1.92 bits per heavy atom. The van der Waals surface area contributed by atoms with Gasteiger partial charge in [0.2, 0.25) is 0 Å². The number of aryl methyl sites for hydroxylation is 1. The highest BCUT2D eigenvalue weighted by atomic mass is 32.2. The maximum absolute atomic E-state index is 11.9. The van der Waals surface area contributed by atoms with Gasteiger partial charge < -0.3 is 4.74 Å². The van der Waals surface area contributed by atoms with Crippen LogP contribution in [0.1, 0.15) is 49.0 Å². The molecule has 6 heteroatoms. The Morgan fingerprint density at radius 3 is 2.56 bits per heavy atom. The minimum Gasteiger partial charge on any atom is -0.456 e. The number of rotatable bonds is 10. The van der Waals surface area contributed by atoms with Crippen molar-refractivity contribution in [3.05, 3.63) is 53.6 Å². The number of ether oxygens (including phenoxy) is 1. The third-order valence-corrected chi connectivity index (χ3v) is 4.34. The fourth-order valence-corrected chi connectivity index (χ4v) is 2.99. The van der Waals surface area contributed by atoms with Gasteiger partial charge in [-0.1, -0.05) is 38.0 Å². The summed E-state index contributed by atoms with van der Waals surface area (Å²) >= 11 is 0.927. The Balaban J connectivity index is 2.42. The molecular formula is C19H23NO4S. The molecule has 0 fully saturated rings. The number of benzene rings is 2. The minimum absolute atomic E-state index is 0.0153. The number of carbonyl (C=O) groups is 1. The molecule has 0 aliphatic carbocycles. The van der Waals surface area contributed by atoms with E-state index in [4.69, 9.17) is 15.0 Å². The van der Waals surface area contributed by atoms with E-state index in [1.165, 1.54) is 6.92 Å². The highest BCUT2D eigenvalue weighted by Gasteiger charge is 2.17. The molecule has 2 aromatic carbocycles. The maximum atomic E-state index is 11.9.